The fraction of sp³-hybridized carbons (Fsp3) is 0.212. The first kappa shape index (κ1) is 27.1. The van der Waals surface area contributed by atoms with Crippen molar-refractivity contribution in [2.45, 2.75) is 33.1 Å². The van der Waals surface area contributed by atoms with Crippen molar-refractivity contribution >= 4 is 12.2 Å². The number of ether oxygens (including phenoxy) is 2. The van der Waals surface area contributed by atoms with Gasteiger partial charge < -0.3 is 9.47 Å². The highest BCUT2D eigenvalue weighted by molar-refractivity contribution is 5.75. The summed E-state index contributed by atoms with van der Waals surface area (Å²) in [7, 11) is 0. The highest BCUT2D eigenvalue weighted by Crippen LogP contribution is 2.32. The Balaban J connectivity index is 1.47. The van der Waals surface area contributed by atoms with Crippen molar-refractivity contribution in [3.05, 3.63) is 107 Å². The Hall–Kier alpha value is -3.99. The van der Waals surface area contributed by atoms with Gasteiger partial charge in [0.05, 0.1) is 13.2 Å². The molecule has 0 bridgehead atoms. The summed E-state index contributed by atoms with van der Waals surface area (Å²) in [5.41, 5.74) is 2.73. The fourth-order valence-electron chi connectivity index (χ4n) is 3.97. The summed E-state index contributed by atoms with van der Waals surface area (Å²) in [6, 6.07) is 21.9. The number of benzene rings is 4. The van der Waals surface area contributed by atoms with Crippen molar-refractivity contribution in [2.24, 2.45) is 0 Å². The number of halogens is 3. The Morgan fingerprint density at radius 3 is 1.76 bits per heavy atom. The van der Waals surface area contributed by atoms with Crippen molar-refractivity contribution in [3.8, 4) is 33.8 Å². The molecular weight excluding hydrogens is 485 g/mol. The second kappa shape index (κ2) is 13.0. The zero-order chi connectivity index (χ0) is 26.9. The zero-order valence-electron chi connectivity index (χ0n) is 21.6. The summed E-state index contributed by atoms with van der Waals surface area (Å²) in [5.74, 6) is -0.964. The van der Waals surface area contributed by atoms with E-state index in [9.17, 15) is 4.39 Å². The molecule has 0 heterocycles. The molecule has 0 fully saturated rings. The summed E-state index contributed by atoms with van der Waals surface area (Å²) in [6.07, 6.45) is 6.27. The molecule has 0 radical (unpaired) electrons. The van der Waals surface area contributed by atoms with Crippen LogP contribution < -0.4 is 9.47 Å². The van der Waals surface area contributed by atoms with E-state index in [-0.39, 0.29) is 16.9 Å². The van der Waals surface area contributed by atoms with Crippen molar-refractivity contribution in [1.29, 1.82) is 0 Å². The molecule has 0 atom stereocenters. The van der Waals surface area contributed by atoms with E-state index in [2.05, 4.69) is 6.92 Å². The molecule has 0 amide bonds. The van der Waals surface area contributed by atoms with Crippen LogP contribution in [0.4, 0.5) is 13.2 Å². The first-order chi connectivity index (χ1) is 18.5. The van der Waals surface area contributed by atoms with E-state index in [0.717, 1.165) is 24.8 Å². The van der Waals surface area contributed by atoms with E-state index in [0.29, 0.717) is 41.4 Å². The minimum absolute atomic E-state index is 0.175. The van der Waals surface area contributed by atoms with Gasteiger partial charge in [-0.05, 0) is 53.8 Å². The number of unbranched alkanes of at least 4 members (excludes halogenated alkanes) is 1. The van der Waals surface area contributed by atoms with E-state index < -0.39 is 11.6 Å². The summed E-state index contributed by atoms with van der Waals surface area (Å²) >= 11 is 0. The Morgan fingerprint density at radius 1 is 0.605 bits per heavy atom. The quantitative estimate of drug-likeness (QED) is 0.146. The van der Waals surface area contributed by atoms with Crippen LogP contribution in [0.2, 0.25) is 0 Å². The van der Waals surface area contributed by atoms with E-state index in [4.69, 9.17) is 9.47 Å². The molecule has 0 aromatic heterocycles. The summed E-state index contributed by atoms with van der Waals surface area (Å²) in [4.78, 5) is 0. The lowest BCUT2D eigenvalue weighted by Crippen LogP contribution is -1.97. The lowest BCUT2D eigenvalue weighted by Gasteiger charge is -2.10. The Bertz CT molecular complexity index is 1380. The SMILES string of the molecule is CCCCOc1ccc(/C=C/c2ccc(-c3ccc(-c4ccc(OCCC)cc4)c(F)c3F)cc2)c(F)c1. The highest BCUT2D eigenvalue weighted by atomic mass is 19.2. The predicted octanol–water partition coefficient (Wildman–Crippen LogP) is 9.58. The minimum atomic E-state index is -0.902. The molecule has 4 rings (SSSR count). The first-order valence-corrected chi connectivity index (χ1v) is 12.9. The molecule has 4 aromatic rings. The van der Waals surface area contributed by atoms with Gasteiger partial charge in [0.2, 0.25) is 0 Å². The average Bonchev–Trinajstić information content (AvgIpc) is 2.94. The monoisotopic (exact) mass is 516 g/mol. The Kier molecular flexibility index (Phi) is 9.26. The molecule has 5 heteroatoms. The largest absolute Gasteiger partial charge is 0.494 e. The van der Waals surface area contributed by atoms with Crippen LogP contribution >= 0.6 is 0 Å². The number of rotatable bonds is 11. The van der Waals surface area contributed by atoms with Gasteiger partial charge in [0.1, 0.15) is 17.3 Å². The van der Waals surface area contributed by atoms with E-state index in [1.165, 1.54) is 6.07 Å². The average molecular weight is 517 g/mol. The van der Waals surface area contributed by atoms with Gasteiger partial charge in [-0.25, -0.2) is 13.2 Å². The lowest BCUT2D eigenvalue weighted by molar-refractivity contribution is 0.308. The maximum atomic E-state index is 15.1. The normalized spacial score (nSPS) is 11.2. The zero-order valence-corrected chi connectivity index (χ0v) is 21.6. The fourth-order valence-corrected chi connectivity index (χ4v) is 3.97. The number of hydrogen-bond donors (Lipinski definition) is 0. The van der Waals surface area contributed by atoms with Crippen molar-refractivity contribution in [3.63, 3.8) is 0 Å². The molecule has 0 unspecified atom stereocenters. The summed E-state index contributed by atoms with van der Waals surface area (Å²) in [6.45, 7) is 5.25. The maximum absolute atomic E-state index is 15.1. The summed E-state index contributed by atoms with van der Waals surface area (Å²) in [5, 5.41) is 0. The highest BCUT2D eigenvalue weighted by Gasteiger charge is 2.16. The first-order valence-electron chi connectivity index (χ1n) is 12.9. The van der Waals surface area contributed by atoms with Crippen LogP contribution in [0.1, 0.15) is 44.2 Å². The molecule has 196 valence electrons. The third kappa shape index (κ3) is 6.65. The predicted molar refractivity (Wildman–Crippen MR) is 149 cm³/mol. The van der Waals surface area contributed by atoms with Crippen molar-refractivity contribution in [2.75, 3.05) is 13.2 Å². The van der Waals surface area contributed by atoms with Gasteiger partial charge in [-0.1, -0.05) is 81.0 Å². The van der Waals surface area contributed by atoms with E-state index >= 15 is 8.78 Å². The van der Waals surface area contributed by atoms with Gasteiger partial charge in [0, 0.05) is 22.8 Å². The molecule has 38 heavy (non-hydrogen) atoms. The topological polar surface area (TPSA) is 18.5 Å². The minimum Gasteiger partial charge on any atom is -0.494 e. The van der Waals surface area contributed by atoms with Gasteiger partial charge in [-0.2, -0.15) is 0 Å². The molecular formula is C33H31F3O2. The van der Waals surface area contributed by atoms with Gasteiger partial charge in [0.25, 0.3) is 0 Å². The van der Waals surface area contributed by atoms with Gasteiger partial charge in [-0.15, -0.1) is 0 Å². The van der Waals surface area contributed by atoms with Crippen molar-refractivity contribution < 1.29 is 22.6 Å². The standard InChI is InChI=1S/C33H31F3O2/c1-3-5-21-38-28-17-14-26(31(34)22-28)11-8-23-6-9-24(10-7-23)29-18-19-30(33(36)32(29)35)25-12-15-27(16-13-25)37-20-4-2/h6-19,22H,3-5,20-21H2,1-2H3/b11-8+. The van der Waals surface area contributed by atoms with Crippen LogP contribution in [0.15, 0.2) is 78.9 Å². The van der Waals surface area contributed by atoms with E-state index in [1.807, 2.05) is 6.92 Å². The number of hydrogen-bond acceptors (Lipinski definition) is 2. The van der Waals surface area contributed by atoms with E-state index in [1.54, 1.807) is 84.9 Å². The molecule has 4 aromatic carbocycles. The smallest absolute Gasteiger partial charge is 0.167 e. The van der Waals surface area contributed by atoms with Crippen LogP contribution in [-0.4, -0.2) is 13.2 Å². The third-order valence-corrected chi connectivity index (χ3v) is 6.14. The summed E-state index contributed by atoms with van der Waals surface area (Å²) < 4.78 is 55.6. The third-order valence-electron chi connectivity index (χ3n) is 6.14. The van der Waals surface area contributed by atoms with Gasteiger partial charge in [0.15, 0.2) is 11.6 Å². The Morgan fingerprint density at radius 2 is 1.18 bits per heavy atom. The molecule has 0 N–H and O–H groups in total. The second-order valence-electron chi connectivity index (χ2n) is 9.00. The molecule has 0 saturated heterocycles. The van der Waals surface area contributed by atoms with Crippen LogP contribution in [0.3, 0.4) is 0 Å². The molecule has 0 saturated carbocycles. The van der Waals surface area contributed by atoms with Crippen molar-refractivity contribution in [1.82, 2.24) is 0 Å². The molecule has 0 spiro atoms. The maximum Gasteiger partial charge on any atom is 0.167 e. The Labute approximate surface area is 222 Å². The molecule has 2 nitrogen and oxygen atoms in total. The van der Waals surface area contributed by atoms with Crippen LogP contribution in [0.5, 0.6) is 11.5 Å². The second-order valence-corrected chi connectivity index (χ2v) is 9.00. The van der Waals surface area contributed by atoms with Gasteiger partial charge in [-0.3, -0.25) is 0 Å². The lowest BCUT2D eigenvalue weighted by atomic mass is 9.98. The molecule has 0 aliphatic rings. The molecule has 0 aliphatic carbocycles. The molecule has 0 aliphatic heterocycles. The van der Waals surface area contributed by atoms with Gasteiger partial charge >= 0.3 is 0 Å². The van der Waals surface area contributed by atoms with Crippen LogP contribution in [0.25, 0.3) is 34.4 Å². The van der Waals surface area contributed by atoms with Crippen LogP contribution in [-0.2, 0) is 0 Å². The van der Waals surface area contributed by atoms with Crippen LogP contribution in [0, 0.1) is 17.5 Å².